The minimum absolute atomic E-state index is 0.0593. The molecule has 2 rings (SSSR count). The second kappa shape index (κ2) is 8.79. The molecule has 10 heteroatoms. The van der Waals surface area contributed by atoms with Crippen molar-refractivity contribution in [3.63, 3.8) is 0 Å². The van der Waals surface area contributed by atoms with Gasteiger partial charge in [0.05, 0.1) is 12.1 Å². The predicted molar refractivity (Wildman–Crippen MR) is 102 cm³/mol. The third-order valence-electron chi connectivity index (χ3n) is 3.61. The van der Waals surface area contributed by atoms with Crippen molar-refractivity contribution in [3.8, 4) is 0 Å². The van der Waals surface area contributed by atoms with E-state index in [9.17, 15) is 27.0 Å². The van der Waals surface area contributed by atoms with E-state index in [1.165, 1.54) is 22.1 Å². The maximum atomic E-state index is 14.3. The lowest BCUT2D eigenvalue weighted by atomic mass is 10.1. The Balaban J connectivity index is 2.19. The summed E-state index contributed by atoms with van der Waals surface area (Å²) in [6.07, 6.45) is -1.87. The minimum Gasteiger partial charge on any atom is -0.295 e. The van der Waals surface area contributed by atoms with Crippen LogP contribution >= 0.6 is 0 Å². The summed E-state index contributed by atoms with van der Waals surface area (Å²) in [5.41, 5.74) is 3.78. The SMILES string of the molecule is C=S(C)(=O)N(Cc1ccc(C(=O)NNC(=O)C(F)F)c(F)c1)c1ccccc1. The average Bonchev–Trinajstić information content (AvgIpc) is 2.63. The maximum Gasteiger partial charge on any atom is 0.317 e. The third kappa shape index (κ3) is 5.49. The molecule has 0 aliphatic rings. The predicted octanol–water partition coefficient (Wildman–Crippen LogP) is 2.12. The molecule has 0 fully saturated rings. The van der Waals surface area contributed by atoms with Crippen molar-refractivity contribution in [1.82, 2.24) is 10.9 Å². The highest BCUT2D eigenvalue weighted by molar-refractivity contribution is 8.00. The van der Waals surface area contributed by atoms with Crippen LogP contribution in [0.25, 0.3) is 0 Å². The number of rotatable bonds is 6. The van der Waals surface area contributed by atoms with Crippen molar-refractivity contribution >= 4 is 33.1 Å². The minimum atomic E-state index is -3.32. The van der Waals surface area contributed by atoms with Crippen LogP contribution in [0.5, 0.6) is 0 Å². The number of para-hydroxylation sites is 1. The fraction of sp³-hybridized carbons (Fsp3) is 0.167. The Morgan fingerprint density at radius 2 is 1.79 bits per heavy atom. The third-order valence-corrected chi connectivity index (χ3v) is 4.88. The van der Waals surface area contributed by atoms with Gasteiger partial charge in [-0.05, 0) is 35.7 Å². The Hall–Kier alpha value is -3.01. The van der Waals surface area contributed by atoms with Gasteiger partial charge >= 0.3 is 12.3 Å². The summed E-state index contributed by atoms with van der Waals surface area (Å²) in [6, 6.07) is 12.4. The van der Waals surface area contributed by atoms with Crippen molar-refractivity contribution in [1.29, 1.82) is 0 Å². The van der Waals surface area contributed by atoms with Gasteiger partial charge in [0.25, 0.3) is 5.91 Å². The second-order valence-electron chi connectivity index (χ2n) is 5.89. The molecule has 0 aliphatic heterocycles. The fourth-order valence-corrected chi connectivity index (χ4v) is 3.28. The van der Waals surface area contributed by atoms with Gasteiger partial charge in [0.15, 0.2) is 0 Å². The van der Waals surface area contributed by atoms with E-state index in [0.717, 1.165) is 12.1 Å². The molecule has 0 bridgehead atoms. The number of carbonyl (C=O) groups is 2. The lowest BCUT2D eigenvalue weighted by Gasteiger charge is -2.26. The van der Waals surface area contributed by atoms with Crippen LogP contribution in [0.2, 0.25) is 0 Å². The molecular formula is C18H18F3N3O3S. The van der Waals surface area contributed by atoms with Crippen LogP contribution in [0.15, 0.2) is 48.5 Å². The molecule has 150 valence electrons. The first kappa shape index (κ1) is 21.3. The first-order chi connectivity index (χ1) is 13.1. The van der Waals surface area contributed by atoms with E-state index in [-0.39, 0.29) is 6.54 Å². The molecule has 0 saturated heterocycles. The Labute approximate surface area is 160 Å². The van der Waals surface area contributed by atoms with Gasteiger partial charge < -0.3 is 0 Å². The van der Waals surface area contributed by atoms with E-state index >= 15 is 0 Å². The lowest BCUT2D eigenvalue weighted by molar-refractivity contribution is -0.132. The summed E-state index contributed by atoms with van der Waals surface area (Å²) < 4.78 is 52.5. The van der Waals surface area contributed by atoms with Crippen molar-refractivity contribution in [2.75, 3.05) is 10.6 Å². The normalized spacial score (nSPS) is 12.9. The fourth-order valence-electron chi connectivity index (χ4n) is 2.29. The molecule has 2 aromatic carbocycles. The highest BCUT2D eigenvalue weighted by Gasteiger charge is 2.19. The Bertz CT molecular complexity index is 967. The first-order valence-electron chi connectivity index (χ1n) is 7.91. The van der Waals surface area contributed by atoms with Crippen molar-refractivity contribution < 1.29 is 27.0 Å². The summed E-state index contributed by atoms with van der Waals surface area (Å²) in [7, 11) is -2.67. The summed E-state index contributed by atoms with van der Waals surface area (Å²) in [5.74, 6) is -0.0683. The summed E-state index contributed by atoms with van der Waals surface area (Å²) in [4.78, 5) is 22.6. The van der Waals surface area contributed by atoms with Crippen LogP contribution < -0.4 is 15.2 Å². The second-order valence-corrected chi connectivity index (χ2v) is 8.25. The molecule has 1 atom stereocenters. The van der Waals surface area contributed by atoms with Gasteiger partial charge in [0.1, 0.15) is 5.82 Å². The van der Waals surface area contributed by atoms with E-state index in [4.69, 9.17) is 0 Å². The molecule has 2 aromatic rings. The van der Waals surface area contributed by atoms with Crippen LogP contribution in [0, 0.1) is 5.82 Å². The monoisotopic (exact) mass is 413 g/mol. The maximum absolute atomic E-state index is 14.3. The highest BCUT2D eigenvalue weighted by atomic mass is 32.2. The zero-order valence-electron chi connectivity index (χ0n) is 14.8. The molecule has 0 aliphatic carbocycles. The quantitative estimate of drug-likeness (QED) is 0.563. The molecule has 0 spiro atoms. The molecule has 6 nitrogen and oxygen atoms in total. The number of nitrogens with zero attached hydrogens (tertiary/aromatic N) is 1. The first-order valence-corrected chi connectivity index (χ1v) is 10.0. The molecule has 0 aromatic heterocycles. The standard InChI is InChI=1S/C18H18F3N3O3S/c1-28(2,27)24(13-6-4-3-5-7-13)11-12-8-9-14(15(19)10-12)17(25)22-23-18(26)16(20)21/h3-10,16H,1,11H2,2H3,(H,22,25)(H,23,26). The van der Waals surface area contributed by atoms with Gasteiger partial charge in [-0.3, -0.25) is 24.7 Å². The molecule has 0 heterocycles. The Morgan fingerprint density at radius 3 is 2.32 bits per heavy atom. The molecule has 2 N–H and O–H groups in total. The van der Waals surface area contributed by atoms with Crippen molar-refractivity contribution in [2.24, 2.45) is 0 Å². The number of hydrazine groups is 1. The van der Waals surface area contributed by atoms with Crippen LogP contribution in [0.3, 0.4) is 0 Å². The Kier molecular flexibility index (Phi) is 6.68. The summed E-state index contributed by atoms with van der Waals surface area (Å²) in [5, 5.41) is 0. The number of benzene rings is 2. The number of nitrogens with one attached hydrogen (secondary N) is 2. The zero-order chi connectivity index (χ0) is 20.9. The van der Waals surface area contributed by atoms with E-state index < -0.39 is 39.3 Å². The number of hydrogen-bond donors (Lipinski definition) is 2. The number of alkyl halides is 2. The number of carbonyl (C=O) groups excluding carboxylic acids is 2. The molecule has 0 radical (unpaired) electrons. The number of hydrogen-bond acceptors (Lipinski definition) is 3. The smallest absolute Gasteiger partial charge is 0.295 e. The van der Waals surface area contributed by atoms with Crippen LogP contribution in [0.4, 0.5) is 18.9 Å². The largest absolute Gasteiger partial charge is 0.317 e. The molecule has 1 unspecified atom stereocenters. The van der Waals surface area contributed by atoms with Crippen molar-refractivity contribution in [3.05, 3.63) is 65.5 Å². The van der Waals surface area contributed by atoms with Crippen LogP contribution in [0.1, 0.15) is 15.9 Å². The van der Waals surface area contributed by atoms with Gasteiger partial charge in [0.2, 0.25) is 0 Å². The average molecular weight is 413 g/mol. The van der Waals surface area contributed by atoms with E-state index in [0.29, 0.717) is 11.3 Å². The van der Waals surface area contributed by atoms with E-state index in [2.05, 4.69) is 5.87 Å². The zero-order valence-corrected chi connectivity index (χ0v) is 15.6. The van der Waals surface area contributed by atoms with Crippen molar-refractivity contribution in [2.45, 2.75) is 13.0 Å². The van der Waals surface area contributed by atoms with E-state index in [1.54, 1.807) is 35.8 Å². The number of anilines is 1. The molecule has 28 heavy (non-hydrogen) atoms. The highest BCUT2D eigenvalue weighted by Crippen LogP contribution is 2.21. The number of amides is 2. The summed E-state index contributed by atoms with van der Waals surface area (Å²) in [6.45, 7) is 0.0593. The van der Waals surface area contributed by atoms with Gasteiger partial charge in [-0.1, -0.05) is 24.3 Å². The van der Waals surface area contributed by atoms with Crippen LogP contribution in [-0.2, 0) is 21.0 Å². The lowest BCUT2D eigenvalue weighted by Crippen LogP contribution is -2.44. The molecular weight excluding hydrogens is 395 g/mol. The number of halogens is 3. The molecule has 2 amide bonds. The van der Waals surface area contributed by atoms with Gasteiger partial charge in [-0.25, -0.2) is 8.60 Å². The molecule has 0 saturated carbocycles. The van der Waals surface area contributed by atoms with Gasteiger partial charge in [0, 0.05) is 21.7 Å². The van der Waals surface area contributed by atoms with Gasteiger partial charge in [-0.2, -0.15) is 8.78 Å². The van der Waals surface area contributed by atoms with Crippen LogP contribution in [-0.4, -0.2) is 34.6 Å². The van der Waals surface area contributed by atoms with E-state index in [1.807, 2.05) is 0 Å². The van der Waals surface area contributed by atoms with Gasteiger partial charge in [-0.15, -0.1) is 0 Å². The topological polar surface area (TPSA) is 78.5 Å². The summed E-state index contributed by atoms with van der Waals surface area (Å²) >= 11 is 0. The Morgan fingerprint density at radius 1 is 1.14 bits per heavy atom.